The van der Waals surface area contributed by atoms with Gasteiger partial charge in [0.15, 0.2) is 5.76 Å². The number of nitrogens with zero attached hydrogens (tertiary/aromatic N) is 3. The zero-order valence-corrected chi connectivity index (χ0v) is 20.8. The third kappa shape index (κ3) is 5.51. The van der Waals surface area contributed by atoms with Gasteiger partial charge in [-0.15, -0.1) is 0 Å². The minimum atomic E-state index is -0.384. The van der Waals surface area contributed by atoms with Crippen LogP contribution in [0.25, 0.3) is 0 Å². The predicted molar refractivity (Wildman–Crippen MR) is 139 cm³/mol. The van der Waals surface area contributed by atoms with Crippen molar-refractivity contribution in [3.63, 3.8) is 0 Å². The average molecular weight is 503 g/mol. The van der Waals surface area contributed by atoms with Crippen molar-refractivity contribution in [2.75, 3.05) is 62.7 Å². The van der Waals surface area contributed by atoms with Crippen LogP contribution in [0.5, 0.6) is 0 Å². The van der Waals surface area contributed by atoms with Crippen molar-refractivity contribution in [3.05, 3.63) is 83.3 Å². The lowest BCUT2D eigenvalue weighted by molar-refractivity contribution is 0.0303. The van der Waals surface area contributed by atoms with Crippen LogP contribution in [0.3, 0.4) is 0 Å². The van der Waals surface area contributed by atoms with Gasteiger partial charge >= 0.3 is 0 Å². The Hall–Kier alpha value is -4.11. The number of carbonyl (C=O) groups is 3. The highest BCUT2D eigenvalue weighted by molar-refractivity contribution is 6.05. The number of ether oxygens (including phenoxy) is 1. The number of rotatable bonds is 5. The van der Waals surface area contributed by atoms with Crippen LogP contribution in [0.1, 0.15) is 36.8 Å². The van der Waals surface area contributed by atoms with Crippen molar-refractivity contribution in [2.24, 2.45) is 0 Å². The molecule has 0 saturated carbocycles. The second kappa shape index (κ2) is 10.9. The van der Waals surface area contributed by atoms with Gasteiger partial charge < -0.3 is 29.2 Å². The normalized spacial score (nSPS) is 16.0. The van der Waals surface area contributed by atoms with E-state index in [0.29, 0.717) is 69.3 Å². The first kappa shape index (κ1) is 24.6. The van der Waals surface area contributed by atoms with Crippen molar-refractivity contribution in [2.45, 2.75) is 6.92 Å². The summed E-state index contributed by atoms with van der Waals surface area (Å²) in [5.74, 6) is -0.281. The molecule has 0 aliphatic carbocycles. The fraction of sp³-hybridized carbons (Fsp3) is 0.321. The number of hydrogen-bond acceptors (Lipinski definition) is 6. The second-order valence-electron chi connectivity index (χ2n) is 9.21. The maximum absolute atomic E-state index is 13.6. The van der Waals surface area contributed by atoms with Gasteiger partial charge in [0.2, 0.25) is 0 Å². The minimum absolute atomic E-state index is 0.0141. The van der Waals surface area contributed by atoms with Crippen molar-refractivity contribution in [3.8, 4) is 0 Å². The van der Waals surface area contributed by atoms with Crippen molar-refractivity contribution in [1.29, 1.82) is 0 Å². The van der Waals surface area contributed by atoms with Gasteiger partial charge in [0.1, 0.15) is 0 Å². The average Bonchev–Trinajstić information content (AvgIpc) is 3.49. The number of amides is 3. The van der Waals surface area contributed by atoms with Gasteiger partial charge in [-0.2, -0.15) is 0 Å². The summed E-state index contributed by atoms with van der Waals surface area (Å²) in [6.45, 7) is 6.31. The molecule has 0 atom stereocenters. The molecule has 2 aliphatic heterocycles. The SMILES string of the molecule is Cc1ccc(C(=O)N2CCN(c3ccc(NC(=O)c4ccco4)cc3C(=O)N3CCOCC3)CC2)cc1. The van der Waals surface area contributed by atoms with Gasteiger partial charge in [-0.05, 0) is 49.4 Å². The van der Waals surface area contributed by atoms with Crippen LogP contribution in [0.15, 0.2) is 65.3 Å². The van der Waals surface area contributed by atoms with Crippen LogP contribution in [0, 0.1) is 6.92 Å². The summed E-state index contributed by atoms with van der Waals surface area (Å²) >= 11 is 0. The zero-order valence-electron chi connectivity index (χ0n) is 20.8. The van der Waals surface area contributed by atoms with Crippen LogP contribution in [-0.4, -0.2) is 80.0 Å². The predicted octanol–water partition coefficient (Wildman–Crippen LogP) is 3.28. The number of nitrogens with one attached hydrogen (secondary N) is 1. The Bertz CT molecular complexity index is 1260. The lowest BCUT2D eigenvalue weighted by Gasteiger charge is -2.37. The number of carbonyl (C=O) groups excluding carboxylic acids is 3. The molecule has 0 radical (unpaired) electrons. The fourth-order valence-corrected chi connectivity index (χ4v) is 4.63. The van der Waals surface area contributed by atoms with E-state index in [1.807, 2.05) is 42.2 Å². The molecule has 37 heavy (non-hydrogen) atoms. The maximum atomic E-state index is 13.6. The Morgan fingerprint density at radius 1 is 0.811 bits per heavy atom. The third-order valence-electron chi connectivity index (χ3n) is 6.73. The Kier molecular flexibility index (Phi) is 7.23. The number of piperazine rings is 1. The van der Waals surface area contributed by atoms with Crippen molar-refractivity contribution in [1.82, 2.24) is 9.80 Å². The largest absolute Gasteiger partial charge is 0.459 e. The summed E-state index contributed by atoms with van der Waals surface area (Å²) in [5.41, 5.74) is 3.60. The number of furan rings is 1. The molecule has 3 heterocycles. The summed E-state index contributed by atoms with van der Waals surface area (Å²) in [6.07, 6.45) is 1.44. The third-order valence-corrected chi connectivity index (χ3v) is 6.73. The molecule has 0 unspecified atom stereocenters. The molecular weight excluding hydrogens is 472 g/mol. The van der Waals surface area contributed by atoms with E-state index in [0.717, 1.165) is 11.3 Å². The first-order valence-electron chi connectivity index (χ1n) is 12.5. The minimum Gasteiger partial charge on any atom is -0.459 e. The zero-order chi connectivity index (χ0) is 25.8. The Morgan fingerprint density at radius 2 is 1.51 bits per heavy atom. The lowest BCUT2D eigenvalue weighted by atomic mass is 10.1. The highest BCUT2D eigenvalue weighted by atomic mass is 16.5. The molecule has 9 nitrogen and oxygen atoms in total. The van der Waals surface area contributed by atoms with E-state index in [9.17, 15) is 14.4 Å². The quantitative estimate of drug-likeness (QED) is 0.576. The van der Waals surface area contributed by atoms with Crippen molar-refractivity contribution < 1.29 is 23.5 Å². The molecular formula is C28H30N4O5. The number of aryl methyl sites for hydroxylation is 1. The molecule has 192 valence electrons. The molecule has 2 aliphatic rings. The first-order valence-corrected chi connectivity index (χ1v) is 12.5. The summed E-state index contributed by atoms with van der Waals surface area (Å²) in [4.78, 5) is 44.8. The topological polar surface area (TPSA) is 95.3 Å². The van der Waals surface area contributed by atoms with Crippen molar-refractivity contribution >= 4 is 29.1 Å². The van der Waals surface area contributed by atoms with Gasteiger partial charge in [-0.1, -0.05) is 17.7 Å². The highest BCUT2D eigenvalue weighted by Crippen LogP contribution is 2.28. The summed E-state index contributed by atoms with van der Waals surface area (Å²) in [5, 5.41) is 2.82. The van der Waals surface area contributed by atoms with Gasteiger partial charge in [-0.3, -0.25) is 14.4 Å². The first-order chi connectivity index (χ1) is 18.0. The van der Waals surface area contributed by atoms with Gasteiger partial charge in [0.05, 0.1) is 25.0 Å². The molecule has 0 spiro atoms. The van der Waals surface area contributed by atoms with E-state index in [-0.39, 0.29) is 23.5 Å². The van der Waals surface area contributed by atoms with Gasteiger partial charge in [-0.25, -0.2) is 0 Å². The monoisotopic (exact) mass is 502 g/mol. The standard InChI is InChI=1S/C28H30N4O5/c1-20-4-6-21(7-5-20)27(34)31-12-10-30(11-13-31)24-9-8-22(29-26(33)25-3-2-16-37-25)19-23(24)28(35)32-14-17-36-18-15-32/h2-9,16,19H,10-15,17-18H2,1H3,(H,29,33). The van der Waals surface area contributed by atoms with E-state index in [4.69, 9.17) is 9.15 Å². The van der Waals surface area contributed by atoms with Crippen LogP contribution in [0.4, 0.5) is 11.4 Å². The molecule has 0 bridgehead atoms. The van der Waals surface area contributed by atoms with Gasteiger partial charge in [0.25, 0.3) is 17.7 Å². The van der Waals surface area contributed by atoms with Gasteiger partial charge in [0, 0.05) is 56.2 Å². The molecule has 2 aromatic carbocycles. The summed E-state index contributed by atoms with van der Waals surface area (Å²) < 4.78 is 10.6. The van der Waals surface area contributed by atoms with E-state index in [1.54, 1.807) is 29.2 Å². The van der Waals surface area contributed by atoms with E-state index < -0.39 is 0 Å². The lowest BCUT2D eigenvalue weighted by Crippen LogP contribution is -2.49. The Balaban J connectivity index is 1.34. The molecule has 5 rings (SSSR count). The molecule has 3 aromatic rings. The van der Waals surface area contributed by atoms with Crippen LogP contribution >= 0.6 is 0 Å². The molecule has 9 heteroatoms. The summed E-state index contributed by atoms with van der Waals surface area (Å²) in [6, 6.07) is 16.2. The van der Waals surface area contributed by atoms with Crippen LogP contribution < -0.4 is 10.2 Å². The smallest absolute Gasteiger partial charge is 0.291 e. The summed E-state index contributed by atoms with van der Waals surface area (Å²) in [7, 11) is 0. The highest BCUT2D eigenvalue weighted by Gasteiger charge is 2.28. The molecule has 2 saturated heterocycles. The van der Waals surface area contributed by atoms with E-state index >= 15 is 0 Å². The molecule has 1 aromatic heterocycles. The van der Waals surface area contributed by atoms with E-state index in [1.165, 1.54) is 6.26 Å². The maximum Gasteiger partial charge on any atom is 0.291 e. The fourth-order valence-electron chi connectivity index (χ4n) is 4.63. The molecule has 2 fully saturated rings. The molecule has 1 N–H and O–H groups in total. The number of morpholine rings is 1. The number of benzene rings is 2. The van der Waals surface area contributed by atoms with E-state index in [2.05, 4.69) is 10.2 Å². The Morgan fingerprint density at radius 3 is 2.19 bits per heavy atom. The number of anilines is 2. The Labute approximate surface area is 215 Å². The second-order valence-corrected chi connectivity index (χ2v) is 9.21. The molecule has 3 amide bonds. The van der Waals surface area contributed by atoms with Crippen LogP contribution in [0.2, 0.25) is 0 Å². The number of hydrogen-bond donors (Lipinski definition) is 1. The van der Waals surface area contributed by atoms with Crippen LogP contribution in [-0.2, 0) is 4.74 Å².